The Morgan fingerprint density at radius 2 is 2.04 bits per heavy atom. The third kappa shape index (κ3) is 3.66. The fraction of sp³-hybridized carbons (Fsp3) is 0.619. The summed E-state index contributed by atoms with van der Waals surface area (Å²) >= 11 is 6.82. The van der Waals surface area contributed by atoms with Crippen LogP contribution in [0, 0.1) is 17.3 Å². The van der Waals surface area contributed by atoms with Crippen molar-refractivity contribution in [1.82, 2.24) is 0 Å². The summed E-state index contributed by atoms with van der Waals surface area (Å²) in [5.74, 6) is 1.22. The summed E-state index contributed by atoms with van der Waals surface area (Å²) in [5, 5.41) is 0. The maximum absolute atomic E-state index is 12.9. The lowest BCUT2D eigenvalue weighted by atomic mass is 9.96. The second kappa shape index (κ2) is 7.03. The van der Waals surface area contributed by atoms with E-state index in [2.05, 4.69) is 32.9 Å². The number of fused-ring (bicyclic) bond motifs is 1. The zero-order valence-electron chi connectivity index (χ0n) is 15.8. The van der Waals surface area contributed by atoms with Crippen LogP contribution < -0.4 is 0 Å². The molecule has 1 saturated carbocycles. The zero-order valence-corrected chi connectivity index (χ0v) is 17.5. The molecule has 2 nitrogen and oxygen atoms in total. The SMILES string of the molecule is CSC(=S)O[C@@H]1C[C@H]2[C@@H](/C=C(\C)C(=O)C3=C(/C=C/1C)CCC3)C2(C)C. The molecule has 0 radical (unpaired) electrons. The van der Waals surface area contributed by atoms with Crippen LogP contribution >= 0.6 is 24.0 Å². The van der Waals surface area contributed by atoms with E-state index in [-0.39, 0.29) is 17.3 Å². The van der Waals surface area contributed by atoms with Gasteiger partial charge in [0, 0.05) is 5.57 Å². The van der Waals surface area contributed by atoms with Crippen LogP contribution in [0.3, 0.4) is 0 Å². The number of hydrogen-bond donors (Lipinski definition) is 0. The molecule has 0 saturated heterocycles. The summed E-state index contributed by atoms with van der Waals surface area (Å²) in [6.07, 6.45) is 10.3. The Hall–Kier alpha value is -0.870. The normalized spacial score (nSPS) is 35.6. The highest BCUT2D eigenvalue weighted by Crippen LogP contribution is 2.62. The zero-order chi connectivity index (χ0) is 18.4. The van der Waals surface area contributed by atoms with Gasteiger partial charge < -0.3 is 4.74 Å². The van der Waals surface area contributed by atoms with Crippen molar-refractivity contribution in [3.05, 3.63) is 34.4 Å². The van der Waals surface area contributed by atoms with Crippen molar-refractivity contribution in [3.8, 4) is 0 Å². The van der Waals surface area contributed by atoms with E-state index in [1.165, 1.54) is 22.9 Å². The average Bonchev–Trinajstić information content (AvgIpc) is 2.90. The largest absolute Gasteiger partial charge is 0.471 e. The van der Waals surface area contributed by atoms with Crippen LogP contribution in [0.2, 0.25) is 0 Å². The van der Waals surface area contributed by atoms with Gasteiger partial charge in [-0.25, -0.2) is 0 Å². The Labute approximate surface area is 161 Å². The molecule has 0 bridgehead atoms. The highest BCUT2D eigenvalue weighted by atomic mass is 32.2. The molecule has 0 unspecified atom stereocenters. The highest BCUT2D eigenvalue weighted by molar-refractivity contribution is 8.22. The van der Waals surface area contributed by atoms with Gasteiger partial charge >= 0.3 is 0 Å². The molecule has 0 heterocycles. The number of ketones is 1. The molecule has 3 aliphatic carbocycles. The molecule has 4 heteroatoms. The molecular weight excluding hydrogens is 348 g/mol. The van der Waals surface area contributed by atoms with Crippen molar-refractivity contribution < 1.29 is 9.53 Å². The van der Waals surface area contributed by atoms with E-state index in [1.807, 2.05) is 13.2 Å². The Kier molecular flexibility index (Phi) is 5.32. The van der Waals surface area contributed by atoms with Gasteiger partial charge in [0.1, 0.15) is 6.10 Å². The number of ether oxygens (including phenoxy) is 1. The molecule has 0 aromatic carbocycles. The van der Waals surface area contributed by atoms with Gasteiger partial charge in [0.15, 0.2) is 5.78 Å². The lowest BCUT2D eigenvalue weighted by Crippen LogP contribution is -2.19. The molecular formula is C21H28O2S2. The van der Waals surface area contributed by atoms with Gasteiger partial charge in [0.25, 0.3) is 0 Å². The van der Waals surface area contributed by atoms with Crippen molar-refractivity contribution in [3.63, 3.8) is 0 Å². The van der Waals surface area contributed by atoms with Crippen molar-refractivity contribution in [2.24, 2.45) is 17.3 Å². The summed E-state index contributed by atoms with van der Waals surface area (Å²) in [4.78, 5) is 12.9. The molecule has 3 rings (SSSR count). The number of rotatable bonds is 1. The van der Waals surface area contributed by atoms with Crippen LogP contribution in [0.4, 0.5) is 0 Å². The lowest BCUT2D eigenvalue weighted by molar-refractivity contribution is -0.112. The van der Waals surface area contributed by atoms with Crippen molar-refractivity contribution >= 4 is 34.1 Å². The molecule has 0 amide bonds. The molecule has 3 aliphatic rings. The number of thiocarbonyl (C=S) groups is 1. The van der Waals surface area contributed by atoms with Crippen molar-refractivity contribution in [2.75, 3.05) is 6.26 Å². The molecule has 3 atom stereocenters. The summed E-state index contributed by atoms with van der Waals surface area (Å²) in [6.45, 7) is 8.71. The third-order valence-electron chi connectivity index (χ3n) is 6.24. The fourth-order valence-electron chi connectivity index (χ4n) is 4.43. The van der Waals surface area contributed by atoms with Crippen LogP contribution in [0.15, 0.2) is 34.4 Å². The maximum atomic E-state index is 12.9. The molecule has 0 spiro atoms. The smallest absolute Gasteiger partial charge is 0.220 e. The first kappa shape index (κ1) is 18.9. The molecule has 0 N–H and O–H groups in total. The number of allylic oxidation sites excluding steroid dienone is 5. The van der Waals surface area contributed by atoms with Crippen LogP contribution in [-0.4, -0.2) is 22.5 Å². The molecule has 25 heavy (non-hydrogen) atoms. The second-order valence-electron chi connectivity index (χ2n) is 8.17. The van der Waals surface area contributed by atoms with Crippen LogP contribution in [0.25, 0.3) is 0 Å². The van der Waals surface area contributed by atoms with Crippen LogP contribution in [0.5, 0.6) is 0 Å². The summed E-state index contributed by atoms with van der Waals surface area (Å²) < 4.78 is 6.72. The van der Waals surface area contributed by atoms with Gasteiger partial charge in [-0.15, -0.1) is 0 Å². The van der Waals surface area contributed by atoms with Crippen LogP contribution in [0.1, 0.15) is 53.4 Å². The predicted molar refractivity (Wildman–Crippen MR) is 110 cm³/mol. The van der Waals surface area contributed by atoms with E-state index < -0.39 is 0 Å². The first-order valence-corrected chi connectivity index (χ1v) is 10.8. The number of carbonyl (C=O) groups is 1. The van der Waals surface area contributed by atoms with Gasteiger partial charge in [-0.1, -0.05) is 37.8 Å². The fourth-order valence-corrected chi connectivity index (χ4v) is 4.75. The molecule has 0 aliphatic heterocycles. The minimum Gasteiger partial charge on any atom is -0.471 e. The topological polar surface area (TPSA) is 26.3 Å². The molecule has 0 aromatic heterocycles. The van der Waals surface area contributed by atoms with Gasteiger partial charge in [-0.2, -0.15) is 0 Å². The van der Waals surface area contributed by atoms with Gasteiger partial charge in [-0.05, 0) is 92.0 Å². The lowest BCUT2D eigenvalue weighted by Gasteiger charge is -2.21. The Morgan fingerprint density at radius 3 is 2.72 bits per heavy atom. The standard InChI is InChI=1S/C21H28O2S2/c1-12-9-14-7-6-8-15(14)19(22)13(2)10-16-17(21(16,3)4)11-18(12)23-20(24)25-5/h9-10,16-18H,6-8,11H2,1-5H3/b12-9+,13-10+/t16-,17+,18-/m1/s1. The number of thioether (sulfide) groups is 1. The van der Waals surface area contributed by atoms with E-state index in [1.54, 1.807) is 0 Å². The first-order valence-electron chi connectivity index (χ1n) is 9.13. The van der Waals surface area contributed by atoms with Gasteiger partial charge in [0.05, 0.1) is 0 Å². The molecule has 136 valence electrons. The van der Waals surface area contributed by atoms with Crippen molar-refractivity contribution in [2.45, 2.75) is 59.5 Å². The predicted octanol–water partition coefficient (Wildman–Crippen LogP) is 5.64. The van der Waals surface area contributed by atoms with E-state index in [4.69, 9.17) is 17.0 Å². The van der Waals surface area contributed by atoms with E-state index in [9.17, 15) is 4.79 Å². The second-order valence-corrected chi connectivity index (χ2v) is 9.58. The number of carbonyl (C=O) groups excluding carboxylic acids is 1. The minimum atomic E-state index is 0.00508. The Bertz CT molecular complexity index is 697. The summed E-state index contributed by atoms with van der Waals surface area (Å²) in [7, 11) is 0. The van der Waals surface area contributed by atoms with Crippen LogP contribution in [-0.2, 0) is 9.53 Å². The highest BCUT2D eigenvalue weighted by Gasteiger charge is 2.57. The number of hydrogen-bond acceptors (Lipinski definition) is 4. The maximum Gasteiger partial charge on any atom is 0.220 e. The molecule has 1 fully saturated rings. The molecule has 0 aromatic rings. The van der Waals surface area contributed by atoms with Gasteiger partial charge in [-0.3, -0.25) is 4.79 Å². The quantitative estimate of drug-likeness (QED) is 0.553. The minimum absolute atomic E-state index is 0.00508. The van der Waals surface area contributed by atoms with E-state index >= 15 is 0 Å². The monoisotopic (exact) mass is 376 g/mol. The van der Waals surface area contributed by atoms with E-state index in [0.29, 0.717) is 16.2 Å². The van der Waals surface area contributed by atoms with Crippen molar-refractivity contribution in [1.29, 1.82) is 0 Å². The summed E-state index contributed by atoms with van der Waals surface area (Å²) in [6, 6.07) is 0. The van der Waals surface area contributed by atoms with E-state index in [0.717, 1.165) is 36.8 Å². The first-order chi connectivity index (χ1) is 11.8. The third-order valence-corrected chi connectivity index (χ3v) is 7.27. The Balaban J connectivity index is 2.02. The van der Waals surface area contributed by atoms with Gasteiger partial charge in [0.2, 0.25) is 4.38 Å². The summed E-state index contributed by atoms with van der Waals surface area (Å²) in [5.41, 5.74) is 4.54. The average molecular weight is 377 g/mol. The Morgan fingerprint density at radius 1 is 1.32 bits per heavy atom. The number of Topliss-reactive ketones (excluding diaryl/α,β-unsaturated/α-hetero) is 1.